The molecule has 0 atom stereocenters. The van der Waals surface area contributed by atoms with Gasteiger partial charge in [-0.3, -0.25) is 13.9 Å². The summed E-state index contributed by atoms with van der Waals surface area (Å²) in [5.41, 5.74) is 0. The second kappa shape index (κ2) is 21.5. The quantitative estimate of drug-likeness (QED) is 0.129. The first-order valence-corrected chi connectivity index (χ1v) is 13.0. The average Bonchev–Trinajstić information content (AvgIpc) is 2.57. The summed E-state index contributed by atoms with van der Waals surface area (Å²) in [5, 5.41) is 5.07. The summed E-state index contributed by atoms with van der Waals surface area (Å²) in [5.74, 6) is -0.781. The van der Waals surface area contributed by atoms with Crippen molar-refractivity contribution in [1.29, 1.82) is 0 Å². The van der Waals surface area contributed by atoms with Gasteiger partial charge in [-0.25, -0.2) is 0 Å². The number of carbonyl (C=O) groups is 1. The van der Waals surface area contributed by atoms with E-state index < -0.39 is 26.0 Å². The normalized spacial score (nSPS) is 11.2. The van der Waals surface area contributed by atoms with E-state index in [0.29, 0.717) is 13.0 Å². The molecule has 0 aliphatic rings. The van der Waals surface area contributed by atoms with Crippen LogP contribution in [0.2, 0.25) is 0 Å². The van der Waals surface area contributed by atoms with Crippen LogP contribution < -0.4 is 40.2 Å². The maximum atomic E-state index is 11.3. The number of carbonyl (C=O) groups excluding carboxylic acids is 1. The zero-order valence-corrected chi connectivity index (χ0v) is 21.8. The van der Waals surface area contributed by atoms with Crippen LogP contribution in [-0.2, 0) is 25.0 Å². The van der Waals surface area contributed by atoms with Crippen molar-refractivity contribution in [3.05, 3.63) is 0 Å². The molecule has 0 aromatic heterocycles. The monoisotopic (exact) mass is 470 g/mol. The molecular formula is C17H39N2NaO7S2. The van der Waals surface area contributed by atoms with Gasteiger partial charge in [-0.1, -0.05) is 58.3 Å². The summed E-state index contributed by atoms with van der Waals surface area (Å²) in [7, 11) is -6.11. The van der Waals surface area contributed by atoms with Crippen LogP contribution in [0.3, 0.4) is 0 Å². The van der Waals surface area contributed by atoms with E-state index in [4.69, 9.17) is 9.11 Å². The predicted octanol–water partition coefficient (Wildman–Crippen LogP) is -0.879. The van der Waals surface area contributed by atoms with Gasteiger partial charge in [0.05, 0.1) is 11.5 Å². The van der Waals surface area contributed by atoms with Gasteiger partial charge in [-0.15, -0.1) is 0 Å². The molecule has 0 fully saturated rings. The number of hydrogen-bond donors (Lipinski definition) is 4. The number of amides is 1. The first kappa shape index (κ1) is 33.9. The fraction of sp³-hybridized carbons (Fsp3) is 0.941. The Bertz CT molecular complexity index is 591. The Morgan fingerprint density at radius 1 is 0.793 bits per heavy atom. The molecule has 1 amide bonds. The third-order valence-electron chi connectivity index (χ3n) is 3.80. The molecule has 12 heteroatoms. The molecule has 29 heavy (non-hydrogen) atoms. The number of nitrogens with one attached hydrogen (secondary N) is 2. The second-order valence-corrected chi connectivity index (χ2v) is 9.75. The smallest absolute Gasteiger partial charge is 1.00 e. The zero-order chi connectivity index (χ0) is 21.9. The van der Waals surface area contributed by atoms with E-state index >= 15 is 0 Å². The van der Waals surface area contributed by atoms with E-state index in [1.165, 1.54) is 38.5 Å². The summed E-state index contributed by atoms with van der Waals surface area (Å²) in [6.07, 6.45) is 11.2. The molecule has 172 valence electrons. The molecule has 0 radical (unpaired) electrons. The summed E-state index contributed by atoms with van der Waals surface area (Å²) >= 11 is 0. The van der Waals surface area contributed by atoms with Gasteiger partial charge in [0.1, 0.15) is 0 Å². The van der Waals surface area contributed by atoms with Crippen LogP contribution in [0.15, 0.2) is 0 Å². The van der Waals surface area contributed by atoms with Crippen molar-refractivity contribution in [3.63, 3.8) is 0 Å². The molecule has 0 saturated heterocycles. The molecule has 0 rings (SSSR count). The predicted molar refractivity (Wildman–Crippen MR) is 113 cm³/mol. The zero-order valence-electron chi connectivity index (χ0n) is 19.2. The van der Waals surface area contributed by atoms with Crippen molar-refractivity contribution < 1.29 is 61.7 Å². The fourth-order valence-electron chi connectivity index (χ4n) is 2.24. The summed E-state index contributed by atoms with van der Waals surface area (Å²) in [6, 6.07) is 0. The van der Waals surface area contributed by atoms with Gasteiger partial charge in [0.15, 0.2) is 0 Å². The molecule has 0 unspecified atom stereocenters. The van der Waals surface area contributed by atoms with Crippen LogP contribution in [0.5, 0.6) is 0 Å². The van der Waals surface area contributed by atoms with Crippen molar-refractivity contribution in [2.45, 2.75) is 71.1 Å². The first-order valence-electron chi connectivity index (χ1n) is 9.83. The standard InChI is InChI=1S/C14H29NO4S.C3H9NO3S.Na.H/c1-2-3-4-5-6-7-8-9-10-11-14(16)15-12-13-20(17,18)19;1-4-2-3-8(5,6)7;;/h2-13H2,1H3,(H,15,16)(H,17,18,19);4H,2-3H2,1H3,(H,5,6,7);;/q;;+1;-1. The first-order chi connectivity index (χ1) is 13.0. The van der Waals surface area contributed by atoms with E-state index in [0.717, 1.165) is 19.3 Å². The van der Waals surface area contributed by atoms with Crippen molar-refractivity contribution in [1.82, 2.24) is 10.6 Å². The van der Waals surface area contributed by atoms with E-state index in [1.807, 2.05) is 0 Å². The molecule has 0 aromatic carbocycles. The van der Waals surface area contributed by atoms with Crippen LogP contribution in [0.25, 0.3) is 0 Å². The van der Waals surface area contributed by atoms with Crippen LogP contribution in [-0.4, -0.2) is 63.5 Å². The number of hydrogen-bond acceptors (Lipinski definition) is 6. The largest absolute Gasteiger partial charge is 1.00 e. The minimum Gasteiger partial charge on any atom is -1.00 e. The molecule has 4 N–H and O–H groups in total. The Balaban J connectivity index is -0.000000288. The van der Waals surface area contributed by atoms with Crippen LogP contribution in [0, 0.1) is 0 Å². The molecule has 9 nitrogen and oxygen atoms in total. The van der Waals surface area contributed by atoms with E-state index in [2.05, 4.69) is 17.6 Å². The minimum atomic E-state index is -3.98. The summed E-state index contributed by atoms with van der Waals surface area (Å²) in [6.45, 7) is 2.48. The van der Waals surface area contributed by atoms with Crippen molar-refractivity contribution in [3.8, 4) is 0 Å². The van der Waals surface area contributed by atoms with Gasteiger partial charge in [0.25, 0.3) is 20.2 Å². The van der Waals surface area contributed by atoms with Gasteiger partial charge < -0.3 is 12.1 Å². The Kier molecular flexibility index (Phi) is 25.1. The minimum absolute atomic E-state index is 0. The maximum absolute atomic E-state index is 11.3. The van der Waals surface area contributed by atoms with Gasteiger partial charge in [-0.2, -0.15) is 16.8 Å². The maximum Gasteiger partial charge on any atom is 1.00 e. The van der Waals surface area contributed by atoms with E-state index in [1.54, 1.807) is 7.05 Å². The molecule has 0 bridgehead atoms. The fourth-order valence-corrected chi connectivity index (χ4v) is 3.06. The Hall–Kier alpha value is 0.250. The topological polar surface area (TPSA) is 150 Å². The van der Waals surface area contributed by atoms with E-state index in [-0.39, 0.29) is 49.2 Å². The van der Waals surface area contributed by atoms with Gasteiger partial charge in [-0.05, 0) is 13.5 Å². The van der Waals surface area contributed by atoms with Crippen LogP contribution in [0.1, 0.15) is 72.6 Å². The SMILES string of the molecule is CCCCCCCCCCCC(=O)NCCS(=O)(=O)O.CNCCS(=O)(=O)O.[H-].[Na+]. The van der Waals surface area contributed by atoms with Crippen molar-refractivity contribution in [2.75, 3.05) is 31.6 Å². The van der Waals surface area contributed by atoms with Crippen molar-refractivity contribution in [2.24, 2.45) is 0 Å². The van der Waals surface area contributed by atoms with Gasteiger partial charge >= 0.3 is 29.6 Å². The Labute approximate surface area is 200 Å². The van der Waals surface area contributed by atoms with Gasteiger partial charge in [0.2, 0.25) is 5.91 Å². The van der Waals surface area contributed by atoms with Gasteiger partial charge in [0, 0.05) is 19.5 Å². The average molecular weight is 471 g/mol. The second-order valence-electron chi connectivity index (χ2n) is 6.60. The third-order valence-corrected chi connectivity index (χ3v) is 5.24. The third kappa shape index (κ3) is 36.0. The van der Waals surface area contributed by atoms with Crippen LogP contribution in [0.4, 0.5) is 0 Å². The number of unbranched alkanes of at least 4 members (excludes halogenated alkanes) is 8. The molecule has 0 heterocycles. The number of rotatable bonds is 16. The molecule has 0 aliphatic heterocycles. The van der Waals surface area contributed by atoms with Crippen molar-refractivity contribution >= 4 is 26.1 Å². The van der Waals surface area contributed by atoms with Crippen LogP contribution >= 0.6 is 0 Å². The molecule has 0 aliphatic carbocycles. The molecular weight excluding hydrogens is 431 g/mol. The van der Waals surface area contributed by atoms with E-state index in [9.17, 15) is 21.6 Å². The molecule has 0 aromatic rings. The Morgan fingerprint density at radius 3 is 1.59 bits per heavy atom. The summed E-state index contributed by atoms with van der Waals surface area (Å²) < 4.78 is 57.3. The Morgan fingerprint density at radius 2 is 1.21 bits per heavy atom. The summed E-state index contributed by atoms with van der Waals surface area (Å²) in [4.78, 5) is 11.3. The molecule has 0 spiro atoms. The molecule has 0 saturated carbocycles.